The first-order valence-electron chi connectivity index (χ1n) is 8.35. The number of nitrogens with zero attached hydrogens (tertiary/aromatic N) is 1. The second-order valence-electron chi connectivity index (χ2n) is 6.23. The minimum absolute atomic E-state index is 0.0318. The summed E-state index contributed by atoms with van der Waals surface area (Å²) in [5.74, 6) is 0.193. The molecule has 0 aromatic heterocycles. The summed E-state index contributed by atoms with van der Waals surface area (Å²) in [4.78, 5) is 4.55. The van der Waals surface area contributed by atoms with Crippen molar-refractivity contribution in [1.29, 1.82) is 0 Å². The van der Waals surface area contributed by atoms with Gasteiger partial charge in [-0.15, -0.1) is 0 Å². The van der Waals surface area contributed by atoms with Crippen LogP contribution in [0.4, 0.5) is 5.69 Å². The number of halogens is 2. The van der Waals surface area contributed by atoms with Gasteiger partial charge in [-0.25, -0.2) is 0 Å². The van der Waals surface area contributed by atoms with Crippen molar-refractivity contribution < 1.29 is 12.6 Å². The molecule has 0 aliphatic carbocycles. The third-order valence-electron chi connectivity index (χ3n) is 3.98. The first-order chi connectivity index (χ1) is 13.2. The maximum absolute atomic E-state index is 12.4. The monoisotopic (exact) mass is 477 g/mol. The fourth-order valence-electron chi connectivity index (χ4n) is 2.44. The SMILES string of the molecule is Cc1ccc(C)c(N=Cc2ccc(OS(=O)(=O)c3ccc(Cl)cc3)c(Br)c2)c1. The lowest BCUT2D eigenvalue weighted by Gasteiger charge is -2.09. The Morgan fingerprint density at radius 2 is 1.71 bits per heavy atom. The standard InChI is InChI=1S/C21H17BrClNO3S/c1-14-3-4-15(2)20(11-14)24-13-16-5-10-21(19(22)12-16)27-28(25,26)18-8-6-17(23)7-9-18/h3-13H,1-2H3. The molecule has 0 bridgehead atoms. The fourth-order valence-corrected chi connectivity index (χ4v) is 4.09. The predicted molar refractivity (Wildman–Crippen MR) is 117 cm³/mol. The van der Waals surface area contributed by atoms with Gasteiger partial charge in [0, 0.05) is 11.2 Å². The van der Waals surface area contributed by atoms with E-state index in [1.54, 1.807) is 24.4 Å². The summed E-state index contributed by atoms with van der Waals surface area (Å²) < 4.78 is 30.6. The molecule has 7 heteroatoms. The highest BCUT2D eigenvalue weighted by molar-refractivity contribution is 9.10. The minimum Gasteiger partial charge on any atom is -0.378 e. The number of aliphatic imine (C=N–C) groups is 1. The van der Waals surface area contributed by atoms with Crippen molar-refractivity contribution in [3.05, 3.63) is 86.8 Å². The molecule has 0 unspecified atom stereocenters. The van der Waals surface area contributed by atoms with Crippen molar-refractivity contribution in [2.24, 2.45) is 4.99 Å². The van der Waals surface area contributed by atoms with E-state index in [2.05, 4.69) is 20.9 Å². The summed E-state index contributed by atoms with van der Waals surface area (Å²) in [7, 11) is -3.95. The molecule has 0 atom stereocenters. The summed E-state index contributed by atoms with van der Waals surface area (Å²) in [6.45, 7) is 4.02. The Hall–Kier alpha value is -2.15. The molecule has 0 amide bonds. The lowest BCUT2D eigenvalue weighted by molar-refractivity contribution is 0.484. The van der Waals surface area contributed by atoms with Crippen LogP contribution < -0.4 is 4.18 Å². The average Bonchev–Trinajstić information content (AvgIpc) is 2.65. The van der Waals surface area contributed by atoms with Gasteiger partial charge in [-0.3, -0.25) is 4.99 Å². The van der Waals surface area contributed by atoms with Gasteiger partial charge in [0.1, 0.15) is 4.90 Å². The molecule has 0 aliphatic rings. The first-order valence-corrected chi connectivity index (χ1v) is 10.9. The molecule has 4 nitrogen and oxygen atoms in total. The van der Waals surface area contributed by atoms with E-state index in [1.165, 1.54) is 24.3 Å². The third-order valence-corrected chi connectivity index (χ3v) is 6.10. The van der Waals surface area contributed by atoms with Crippen molar-refractivity contribution in [3.8, 4) is 5.75 Å². The number of rotatable bonds is 5. The number of hydrogen-bond donors (Lipinski definition) is 0. The Bertz CT molecular complexity index is 1140. The van der Waals surface area contributed by atoms with E-state index in [0.717, 1.165) is 22.4 Å². The van der Waals surface area contributed by atoms with Crippen LogP contribution in [0.3, 0.4) is 0 Å². The summed E-state index contributed by atoms with van der Waals surface area (Å²) >= 11 is 9.17. The molecule has 144 valence electrons. The average molecular weight is 479 g/mol. The maximum atomic E-state index is 12.4. The highest BCUT2D eigenvalue weighted by Crippen LogP contribution is 2.29. The van der Waals surface area contributed by atoms with Gasteiger partial charge in [0.25, 0.3) is 0 Å². The molecule has 3 aromatic carbocycles. The molecule has 0 fully saturated rings. The normalized spacial score (nSPS) is 11.7. The highest BCUT2D eigenvalue weighted by Gasteiger charge is 2.18. The summed E-state index contributed by atoms with van der Waals surface area (Å²) in [6.07, 6.45) is 1.73. The van der Waals surface area contributed by atoms with Gasteiger partial charge in [-0.1, -0.05) is 23.7 Å². The largest absolute Gasteiger partial charge is 0.378 e. The van der Waals surface area contributed by atoms with Crippen molar-refractivity contribution >= 4 is 49.6 Å². The van der Waals surface area contributed by atoms with E-state index in [4.69, 9.17) is 15.8 Å². The van der Waals surface area contributed by atoms with E-state index in [1.807, 2.05) is 32.0 Å². The van der Waals surface area contributed by atoms with Crippen LogP contribution in [-0.4, -0.2) is 14.6 Å². The van der Waals surface area contributed by atoms with Crippen LogP contribution >= 0.6 is 27.5 Å². The Morgan fingerprint density at radius 3 is 2.39 bits per heavy atom. The van der Waals surface area contributed by atoms with Crippen LogP contribution in [0.2, 0.25) is 5.02 Å². The van der Waals surface area contributed by atoms with Gasteiger partial charge >= 0.3 is 10.1 Å². The molecular weight excluding hydrogens is 462 g/mol. The third kappa shape index (κ3) is 5.01. The van der Waals surface area contributed by atoms with Gasteiger partial charge in [-0.2, -0.15) is 8.42 Å². The van der Waals surface area contributed by atoms with E-state index >= 15 is 0 Å². The molecular formula is C21H17BrClNO3S. The molecule has 0 radical (unpaired) electrons. The van der Waals surface area contributed by atoms with E-state index in [0.29, 0.717) is 9.50 Å². The Kier molecular flexibility index (Phi) is 6.23. The zero-order valence-corrected chi connectivity index (χ0v) is 18.3. The van der Waals surface area contributed by atoms with Gasteiger partial charge in [-0.05, 0) is 95.0 Å². The molecule has 0 saturated carbocycles. The topological polar surface area (TPSA) is 55.7 Å². The van der Waals surface area contributed by atoms with Crippen LogP contribution in [0.25, 0.3) is 0 Å². The first kappa shape index (κ1) is 20.6. The maximum Gasteiger partial charge on any atom is 0.339 e. The molecule has 0 heterocycles. The van der Waals surface area contributed by atoms with E-state index < -0.39 is 10.1 Å². The number of benzene rings is 3. The molecule has 0 aliphatic heterocycles. The Morgan fingerprint density at radius 1 is 1.00 bits per heavy atom. The smallest absolute Gasteiger partial charge is 0.339 e. The van der Waals surface area contributed by atoms with Gasteiger partial charge in [0.2, 0.25) is 0 Å². The quantitative estimate of drug-likeness (QED) is 0.322. The molecule has 3 aromatic rings. The minimum atomic E-state index is -3.95. The van der Waals surface area contributed by atoms with E-state index in [9.17, 15) is 8.42 Å². The second kappa shape index (κ2) is 8.47. The molecule has 28 heavy (non-hydrogen) atoms. The second-order valence-corrected chi connectivity index (χ2v) is 9.07. The molecule has 0 saturated heterocycles. The number of aryl methyl sites for hydroxylation is 2. The Balaban J connectivity index is 1.81. The van der Waals surface area contributed by atoms with Crippen molar-refractivity contribution in [2.75, 3.05) is 0 Å². The zero-order chi connectivity index (χ0) is 20.3. The van der Waals surface area contributed by atoms with Gasteiger partial charge in [0.05, 0.1) is 10.2 Å². The Labute approximate surface area is 178 Å². The van der Waals surface area contributed by atoms with Crippen LogP contribution in [0, 0.1) is 13.8 Å². The van der Waals surface area contributed by atoms with Crippen LogP contribution in [0.15, 0.2) is 75.0 Å². The lowest BCUT2D eigenvalue weighted by Crippen LogP contribution is -2.10. The van der Waals surface area contributed by atoms with Crippen molar-refractivity contribution in [3.63, 3.8) is 0 Å². The number of hydrogen-bond acceptors (Lipinski definition) is 4. The highest BCUT2D eigenvalue weighted by atomic mass is 79.9. The lowest BCUT2D eigenvalue weighted by atomic mass is 10.1. The summed E-state index contributed by atoms with van der Waals surface area (Å²) in [6, 6.07) is 17.0. The fraction of sp³-hybridized carbons (Fsp3) is 0.0952. The molecule has 0 spiro atoms. The zero-order valence-electron chi connectivity index (χ0n) is 15.2. The van der Waals surface area contributed by atoms with Crippen LogP contribution in [-0.2, 0) is 10.1 Å². The van der Waals surface area contributed by atoms with Crippen molar-refractivity contribution in [2.45, 2.75) is 18.7 Å². The van der Waals surface area contributed by atoms with Crippen LogP contribution in [0.5, 0.6) is 5.75 Å². The molecule has 0 N–H and O–H groups in total. The van der Waals surface area contributed by atoms with Crippen LogP contribution in [0.1, 0.15) is 16.7 Å². The summed E-state index contributed by atoms with van der Waals surface area (Å²) in [5, 5.41) is 0.451. The van der Waals surface area contributed by atoms with Crippen molar-refractivity contribution in [1.82, 2.24) is 0 Å². The predicted octanol–water partition coefficient (Wildman–Crippen LogP) is 6.24. The van der Waals surface area contributed by atoms with Gasteiger partial charge < -0.3 is 4.18 Å². The summed E-state index contributed by atoms with van der Waals surface area (Å²) in [5.41, 5.74) is 3.91. The van der Waals surface area contributed by atoms with Gasteiger partial charge in [0.15, 0.2) is 5.75 Å². The van der Waals surface area contributed by atoms with E-state index in [-0.39, 0.29) is 10.6 Å². The molecule has 3 rings (SSSR count).